The molecule has 1 aliphatic rings. The topological polar surface area (TPSA) is 104 Å². The molecule has 1 saturated heterocycles. The van der Waals surface area contributed by atoms with Crippen LogP contribution >= 0.6 is 34.4 Å². The van der Waals surface area contributed by atoms with Gasteiger partial charge in [0.15, 0.2) is 0 Å². The van der Waals surface area contributed by atoms with Crippen LogP contribution in [0.25, 0.3) is 0 Å². The molecule has 0 spiro atoms. The van der Waals surface area contributed by atoms with Crippen molar-refractivity contribution >= 4 is 69.4 Å². The first-order valence-electron chi connectivity index (χ1n) is 9.86. The van der Waals surface area contributed by atoms with E-state index in [1.165, 1.54) is 28.8 Å². The summed E-state index contributed by atoms with van der Waals surface area (Å²) in [6, 6.07) is 20.0. The summed E-state index contributed by atoms with van der Waals surface area (Å²) in [5, 5.41) is 11.4. The van der Waals surface area contributed by atoms with E-state index in [2.05, 4.69) is 27.9 Å². The molecule has 1 fully saturated rings. The summed E-state index contributed by atoms with van der Waals surface area (Å²) in [4.78, 5) is 51.1. The quantitative estimate of drug-likeness (QED) is 0.329. The number of carbonyl (C=O) groups is 4. The Morgan fingerprint density at radius 3 is 2.21 bits per heavy atom. The normalized spacial score (nSPS) is 15.5. The van der Waals surface area contributed by atoms with Crippen LogP contribution in [0.1, 0.15) is 27.1 Å². The molecule has 0 unspecified atom stereocenters. The van der Waals surface area contributed by atoms with Crippen molar-refractivity contribution in [2.24, 2.45) is 0 Å². The molecule has 33 heavy (non-hydrogen) atoms. The molecule has 4 rings (SSSR count). The number of carboxylic acids is 1. The minimum absolute atomic E-state index is 0.0641. The minimum Gasteiger partial charge on any atom is -0.478 e. The molecule has 1 heterocycles. The number of carbonyl (C=O) groups excluding carboxylic acids is 3. The van der Waals surface area contributed by atoms with Gasteiger partial charge in [0.25, 0.3) is 5.91 Å². The van der Waals surface area contributed by atoms with Crippen LogP contribution in [-0.2, 0) is 9.59 Å². The Hall–Kier alpha value is -3.18. The average molecular weight is 572 g/mol. The predicted octanol–water partition coefficient (Wildman–Crippen LogP) is 4.67. The van der Waals surface area contributed by atoms with E-state index < -0.39 is 17.1 Å². The van der Waals surface area contributed by atoms with Crippen LogP contribution < -0.4 is 10.2 Å². The summed E-state index contributed by atoms with van der Waals surface area (Å²) >= 11 is 3.45. The van der Waals surface area contributed by atoms with Gasteiger partial charge >= 0.3 is 5.97 Å². The number of aromatic carboxylic acids is 1. The first-order valence-corrected chi connectivity index (χ1v) is 11.8. The second-order valence-corrected chi connectivity index (χ2v) is 9.71. The largest absolute Gasteiger partial charge is 0.478 e. The van der Waals surface area contributed by atoms with Crippen molar-refractivity contribution in [2.45, 2.75) is 16.6 Å². The third-order valence-corrected chi connectivity index (χ3v) is 6.90. The lowest BCUT2D eigenvalue weighted by atomic mass is 10.1. The average Bonchev–Trinajstić information content (AvgIpc) is 3.08. The van der Waals surface area contributed by atoms with Crippen LogP contribution in [0.3, 0.4) is 0 Å². The van der Waals surface area contributed by atoms with Crippen molar-refractivity contribution in [3.8, 4) is 0 Å². The van der Waals surface area contributed by atoms with Crippen LogP contribution in [0.5, 0.6) is 0 Å². The maximum absolute atomic E-state index is 12.8. The molecule has 0 aromatic heterocycles. The molecular formula is C24H17IN2O5S. The predicted molar refractivity (Wildman–Crippen MR) is 134 cm³/mol. The number of carboxylic acid groups (broad SMARTS) is 1. The van der Waals surface area contributed by atoms with Crippen molar-refractivity contribution in [2.75, 3.05) is 10.2 Å². The number of nitrogens with one attached hydrogen (secondary N) is 1. The molecule has 3 aromatic carbocycles. The van der Waals surface area contributed by atoms with Crippen molar-refractivity contribution in [3.05, 3.63) is 87.5 Å². The summed E-state index contributed by atoms with van der Waals surface area (Å²) in [6.07, 6.45) is 0.111. The zero-order valence-corrected chi connectivity index (χ0v) is 20.0. The first kappa shape index (κ1) is 23.0. The van der Waals surface area contributed by atoms with Gasteiger partial charge in [0.2, 0.25) is 11.8 Å². The molecule has 0 bridgehead atoms. The van der Waals surface area contributed by atoms with E-state index in [-0.39, 0.29) is 29.4 Å². The number of imide groups is 1. The Kier molecular flexibility index (Phi) is 6.80. The number of hydrogen-bond acceptors (Lipinski definition) is 5. The zero-order chi connectivity index (χ0) is 23.5. The smallest absolute Gasteiger partial charge is 0.336 e. The van der Waals surface area contributed by atoms with E-state index in [0.29, 0.717) is 11.4 Å². The van der Waals surface area contributed by atoms with Crippen LogP contribution in [0, 0.1) is 3.57 Å². The molecule has 7 nitrogen and oxygen atoms in total. The van der Waals surface area contributed by atoms with Gasteiger partial charge in [-0.2, -0.15) is 0 Å². The van der Waals surface area contributed by atoms with Gasteiger partial charge in [-0.25, -0.2) is 9.69 Å². The Morgan fingerprint density at radius 1 is 0.939 bits per heavy atom. The van der Waals surface area contributed by atoms with Gasteiger partial charge < -0.3 is 10.4 Å². The number of halogens is 1. The van der Waals surface area contributed by atoms with Gasteiger partial charge in [0.1, 0.15) is 0 Å². The van der Waals surface area contributed by atoms with Gasteiger partial charge in [0, 0.05) is 20.6 Å². The molecule has 3 amide bonds. The van der Waals surface area contributed by atoms with Gasteiger partial charge in [-0.1, -0.05) is 12.1 Å². The second-order valence-electron chi connectivity index (χ2n) is 7.18. The molecule has 3 aromatic rings. The van der Waals surface area contributed by atoms with E-state index in [4.69, 9.17) is 0 Å². The van der Waals surface area contributed by atoms with Gasteiger partial charge in [-0.15, -0.1) is 11.8 Å². The molecule has 9 heteroatoms. The standard InChI is InChI=1S/C24H17IN2O5S/c25-14-5-9-16(10-6-14)27-21(28)13-20(23(27)30)33-17-11-7-15(8-12-17)26-22(29)18-3-1-2-4-19(18)24(31)32/h1-12,20H,13H2,(H,26,29)(H,31,32)/t20-/m0/s1. The van der Waals surface area contributed by atoms with Crippen molar-refractivity contribution in [1.82, 2.24) is 0 Å². The number of nitrogens with zero attached hydrogens (tertiary/aromatic N) is 1. The molecule has 0 saturated carbocycles. The van der Waals surface area contributed by atoms with E-state index in [1.54, 1.807) is 48.5 Å². The molecule has 1 atom stereocenters. The van der Waals surface area contributed by atoms with Gasteiger partial charge in [0.05, 0.1) is 22.1 Å². The SMILES string of the molecule is O=C(O)c1ccccc1C(=O)Nc1ccc(S[C@H]2CC(=O)N(c3ccc(I)cc3)C2=O)cc1. The minimum atomic E-state index is -1.18. The molecule has 166 valence electrons. The Morgan fingerprint density at radius 2 is 1.58 bits per heavy atom. The van der Waals surface area contributed by atoms with Crippen LogP contribution in [-0.4, -0.2) is 34.0 Å². The summed E-state index contributed by atoms with van der Waals surface area (Å²) in [5.41, 5.74) is 1.03. The van der Waals surface area contributed by atoms with E-state index >= 15 is 0 Å². The molecule has 2 N–H and O–H groups in total. The Bertz CT molecular complexity index is 1240. The summed E-state index contributed by atoms with van der Waals surface area (Å²) in [6.45, 7) is 0. The fourth-order valence-corrected chi connectivity index (χ4v) is 4.82. The fraction of sp³-hybridized carbons (Fsp3) is 0.0833. The third kappa shape index (κ3) is 5.09. The van der Waals surface area contributed by atoms with Gasteiger partial charge in [-0.3, -0.25) is 14.4 Å². The lowest BCUT2D eigenvalue weighted by Crippen LogP contribution is -2.31. The van der Waals surface area contributed by atoms with Crippen molar-refractivity contribution in [1.29, 1.82) is 0 Å². The highest BCUT2D eigenvalue weighted by Gasteiger charge is 2.40. The monoisotopic (exact) mass is 572 g/mol. The third-order valence-electron chi connectivity index (χ3n) is 4.98. The van der Waals surface area contributed by atoms with E-state index in [0.717, 1.165) is 8.47 Å². The summed E-state index contributed by atoms with van der Waals surface area (Å²) in [7, 11) is 0. The number of thioether (sulfide) groups is 1. The van der Waals surface area contributed by atoms with Crippen LogP contribution in [0.15, 0.2) is 77.7 Å². The zero-order valence-electron chi connectivity index (χ0n) is 17.0. The lowest BCUT2D eigenvalue weighted by molar-refractivity contribution is -0.121. The second kappa shape index (κ2) is 9.75. The fourth-order valence-electron chi connectivity index (χ4n) is 3.40. The Balaban J connectivity index is 1.42. The molecular weight excluding hydrogens is 555 g/mol. The maximum atomic E-state index is 12.8. The van der Waals surface area contributed by atoms with E-state index in [1.807, 2.05) is 12.1 Å². The highest BCUT2D eigenvalue weighted by atomic mass is 127. The van der Waals surface area contributed by atoms with Gasteiger partial charge in [-0.05, 0) is 83.3 Å². The molecule has 0 radical (unpaired) electrons. The number of anilines is 2. The summed E-state index contributed by atoms with van der Waals surface area (Å²) < 4.78 is 1.01. The highest BCUT2D eigenvalue weighted by molar-refractivity contribution is 14.1. The van der Waals surface area contributed by atoms with Crippen molar-refractivity contribution in [3.63, 3.8) is 0 Å². The van der Waals surface area contributed by atoms with Crippen molar-refractivity contribution < 1.29 is 24.3 Å². The lowest BCUT2D eigenvalue weighted by Gasteiger charge is -2.15. The molecule has 1 aliphatic heterocycles. The van der Waals surface area contributed by atoms with Crippen LogP contribution in [0.2, 0.25) is 0 Å². The number of hydrogen-bond donors (Lipinski definition) is 2. The Labute approximate surface area is 207 Å². The highest BCUT2D eigenvalue weighted by Crippen LogP contribution is 2.34. The summed E-state index contributed by atoms with van der Waals surface area (Å²) in [5.74, 6) is -2.20. The van der Waals surface area contributed by atoms with E-state index in [9.17, 15) is 24.3 Å². The van der Waals surface area contributed by atoms with Crippen LogP contribution in [0.4, 0.5) is 11.4 Å². The number of amides is 3. The number of rotatable bonds is 6. The first-order chi connectivity index (χ1) is 15.8. The molecule has 0 aliphatic carbocycles. The maximum Gasteiger partial charge on any atom is 0.336 e. The number of benzene rings is 3.